The van der Waals surface area contributed by atoms with Crippen LogP contribution in [0.4, 0.5) is 4.79 Å². The maximum atomic E-state index is 11.8. The summed E-state index contributed by atoms with van der Waals surface area (Å²) in [6.45, 7) is 7.43. The van der Waals surface area contributed by atoms with Gasteiger partial charge in [0.1, 0.15) is 11.6 Å². The topological polar surface area (TPSA) is 64.6 Å². The molecule has 110 valence electrons. The minimum atomic E-state index is -0.601. The van der Waals surface area contributed by atoms with Gasteiger partial charge >= 0.3 is 12.1 Å². The van der Waals surface area contributed by atoms with Crippen LogP contribution in [-0.2, 0) is 14.3 Å². The average molecular weight is 271 g/mol. The maximum absolute atomic E-state index is 11.8. The summed E-state index contributed by atoms with van der Waals surface area (Å²) in [6, 6.07) is -0.601. The predicted octanol–water partition coefficient (Wildman–Crippen LogP) is 2.63. The number of nitrogens with one attached hydrogen (secondary N) is 1. The van der Waals surface area contributed by atoms with Gasteiger partial charge in [0.05, 0.1) is 6.61 Å². The van der Waals surface area contributed by atoms with Crippen molar-refractivity contribution >= 4 is 12.1 Å². The van der Waals surface area contributed by atoms with Crippen LogP contribution in [0.15, 0.2) is 0 Å². The Kier molecular flexibility index (Phi) is 5.63. The van der Waals surface area contributed by atoms with Crippen molar-refractivity contribution in [3.8, 4) is 0 Å². The molecule has 5 heteroatoms. The Labute approximate surface area is 115 Å². The van der Waals surface area contributed by atoms with E-state index in [9.17, 15) is 9.59 Å². The van der Waals surface area contributed by atoms with Crippen molar-refractivity contribution in [2.45, 2.75) is 65.0 Å². The van der Waals surface area contributed by atoms with Crippen molar-refractivity contribution in [3.63, 3.8) is 0 Å². The monoisotopic (exact) mass is 271 g/mol. The Hall–Kier alpha value is -1.26. The first-order chi connectivity index (χ1) is 8.81. The largest absolute Gasteiger partial charge is 0.464 e. The summed E-state index contributed by atoms with van der Waals surface area (Å²) >= 11 is 0. The molecule has 0 aromatic heterocycles. The van der Waals surface area contributed by atoms with E-state index >= 15 is 0 Å². The standard InChI is InChI=1S/C14H25NO4/c1-5-18-12(16)11(9-8-10-6-7-10)15-13(17)19-14(2,3)4/h10-11H,5-9H2,1-4H3,(H,15,17). The number of esters is 1. The Morgan fingerprint density at radius 1 is 1.32 bits per heavy atom. The molecule has 1 N–H and O–H groups in total. The van der Waals surface area contributed by atoms with Crippen LogP contribution in [0.25, 0.3) is 0 Å². The van der Waals surface area contributed by atoms with Crippen molar-refractivity contribution in [2.24, 2.45) is 5.92 Å². The fourth-order valence-electron chi connectivity index (χ4n) is 1.75. The second-order valence-corrected chi connectivity index (χ2v) is 5.97. The molecule has 1 unspecified atom stereocenters. The first kappa shape index (κ1) is 15.8. The number of alkyl carbamates (subject to hydrolysis) is 1. The lowest BCUT2D eigenvalue weighted by Crippen LogP contribution is -2.44. The van der Waals surface area contributed by atoms with Gasteiger partial charge in [0.25, 0.3) is 0 Å². The van der Waals surface area contributed by atoms with E-state index in [1.54, 1.807) is 27.7 Å². The molecule has 0 saturated heterocycles. The van der Waals surface area contributed by atoms with Crippen molar-refractivity contribution in [3.05, 3.63) is 0 Å². The fraction of sp³-hybridized carbons (Fsp3) is 0.857. The number of hydrogen-bond acceptors (Lipinski definition) is 4. The number of ether oxygens (including phenoxy) is 2. The van der Waals surface area contributed by atoms with Crippen LogP contribution in [0.3, 0.4) is 0 Å². The van der Waals surface area contributed by atoms with Gasteiger partial charge in [-0.3, -0.25) is 0 Å². The Balaban J connectivity index is 2.46. The number of carbonyl (C=O) groups excluding carboxylic acids is 2. The molecule has 0 bridgehead atoms. The molecule has 0 heterocycles. The summed E-state index contributed by atoms with van der Waals surface area (Å²) in [5.74, 6) is 0.325. The Morgan fingerprint density at radius 3 is 2.42 bits per heavy atom. The molecule has 1 aliphatic rings. The van der Waals surface area contributed by atoms with Crippen molar-refractivity contribution in [2.75, 3.05) is 6.61 Å². The SMILES string of the molecule is CCOC(=O)C(CCC1CC1)NC(=O)OC(C)(C)C. The molecule has 1 rings (SSSR count). The van der Waals surface area contributed by atoms with Crippen LogP contribution in [0.1, 0.15) is 53.4 Å². The highest BCUT2D eigenvalue weighted by Crippen LogP contribution is 2.34. The van der Waals surface area contributed by atoms with Crippen LogP contribution in [0.2, 0.25) is 0 Å². The lowest BCUT2D eigenvalue weighted by Gasteiger charge is -2.22. The van der Waals surface area contributed by atoms with E-state index in [1.807, 2.05) is 0 Å². The van der Waals surface area contributed by atoms with Gasteiger partial charge in [-0.15, -0.1) is 0 Å². The summed E-state index contributed by atoms with van der Waals surface area (Å²) < 4.78 is 10.1. The smallest absolute Gasteiger partial charge is 0.408 e. The molecule has 1 aliphatic carbocycles. The maximum Gasteiger partial charge on any atom is 0.408 e. The van der Waals surface area contributed by atoms with Crippen molar-refractivity contribution in [1.29, 1.82) is 0 Å². The molecule has 1 fully saturated rings. The number of carbonyl (C=O) groups is 2. The molecule has 0 aliphatic heterocycles. The molecular weight excluding hydrogens is 246 g/mol. The average Bonchev–Trinajstić information content (AvgIpc) is 3.05. The van der Waals surface area contributed by atoms with Gasteiger partial charge in [0.2, 0.25) is 0 Å². The molecule has 0 radical (unpaired) electrons. The molecule has 1 atom stereocenters. The minimum absolute atomic E-state index is 0.314. The summed E-state index contributed by atoms with van der Waals surface area (Å²) in [6.07, 6.45) is 3.44. The van der Waals surface area contributed by atoms with Crippen LogP contribution < -0.4 is 5.32 Å². The highest BCUT2D eigenvalue weighted by molar-refractivity contribution is 5.81. The van der Waals surface area contributed by atoms with Gasteiger partial charge in [0.15, 0.2) is 0 Å². The van der Waals surface area contributed by atoms with E-state index in [4.69, 9.17) is 9.47 Å². The number of amides is 1. The third-order valence-corrected chi connectivity index (χ3v) is 2.82. The lowest BCUT2D eigenvalue weighted by atomic mass is 10.1. The zero-order chi connectivity index (χ0) is 14.5. The highest BCUT2D eigenvalue weighted by atomic mass is 16.6. The van der Waals surface area contributed by atoms with E-state index in [0.29, 0.717) is 18.9 Å². The van der Waals surface area contributed by atoms with Gasteiger partial charge < -0.3 is 14.8 Å². The van der Waals surface area contributed by atoms with Crippen molar-refractivity contribution in [1.82, 2.24) is 5.32 Å². The summed E-state index contributed by atoms with van der Waals surface area (Å²) in [5.41, 5.74) is -0.570. The number of hydrogen-bond donors (Lipinski definition) is 1. The van der Waals surface area contributed by atoms with Crippen LogP contribution >= 0.6 is 0 Å². The van der Waals surface area contributed by atoms with E-state index in [1.165, 1.54) is 12.8 Å². The second-order valence-electron chi connectivity index (χ2n) is 5.97. The zero-order valence-corrected chi connectivity index (χ0v) is 12.3. The molecule has 0 spiro atoms. The highest BCUT2D eigenvalue weighted by Gasteiger charge is 2.28. The molecule has 1 saturated carbocycles. The van der Waals surface area contributed by atoms with E-state index < -0.39 is 17.7 Å². The first-order valence-electron chi connectivity index (χ1n) is 6.98. The van der Waals surface area contributed by atoms with Crippen molar-refractivity contribution < 1.29 is 19.1 Å². The lowest BCUT2D eigenvalue weighted by molar-refractivity contribution is -0.145. The summed E-state index contributed by atoms with van der Waals surface area (Å²) in [4.78, 5) is 23.5. The summed E-state index contributed by atoms with van der Waals surface area (Å²) in [7, 11) is 0. The first-order valence-corrected chi connectivity index (χ1v) is 6.98. The Bertz CT molecular complexity index is 318. The van der Waals surface area contributed by atoms with E-state index in [-0.39, 0.29) is 5.97 Å². The van der Waals surface area contributed by atoms with Crippen LogP contribution in [0, 0.1) is 5.92 Å². The summed E-state index contributed by atoms with van der Waals surface area (Å²) in [5, 5.41) is 2.61. The third kappa shape index (κ3) is 7.03. The third-order valence-electron chi connectivity index (χ3n) is 2.82. The molecular formula is C14H25NO4. The quantitative estimate of drug-likeness (QED) is 0.754. The molecule has 5 nitrogen and oxygen atoms in total. The Morgan fingerprint density at radius 2 is 1.95 bits per heavy atom. The van der Waals surface area contributed by atoms with E-state index in [0.717, 1.165) is 6.42 Å². The molecule has 19 heavy (non-hydrogen) atoms. The molecule has 0 aromatic carbocycles. The predicted molar refractivity (Wildman–Crippen MR) is 71.7 cm³/mol. The normalized spacial score (nSPS) is 16.6. The fourth-order valence-corrected chi connectivity index (χ4v) is 1.75. The molecule has 1 amide bonds. The van der Waals surface area contributed by atoms with Gasteiger partial charge in [0, 0.05) is 0 Å². The van der Waals surface area contributed by atoms with E-state index in [2.05, 4.69) is 5.32 Å². The van der Waals surface area contributed by atoms with Gasteiger partial charge in [-0.1, -0.05) is 12.8 Å². The zero-order valence-electron chi connectivity index (χ0n) is 12.3. The minimum Gasteiger partial charge on any atom is -0.464 e. The molecule has 0 aromatic rings. The number of rotatable bonds is 6. The van der Waals surface area contributed by atoms with Gasteiger partial charge in [-0.05, 0) is 46.5 Å². The second kappa shape index (κ2) is 6.78. The van der Waals surface area contributed by atoms with Crippen LogP contribution in [-0.4, -0.2) is 30.3 Å². The van der Waals surface area contributed by atoms with Crippen LogP contribution in [0.5, 0.6) is 0 Å². The van der Waals surface area contributed by atoms with Gasteiger partial charge in [-0.25, -0.2) is 9.59 Å². The van der Waals surface area contributed by atoms with Gasteiger partial charge in [-0.2, -0.15) is 0 Å².